The van der Waals surface area contributed by atoms with Crippen LogP contribution in [0, 0.1) is 0 Å². The van der Waals surface area contributed by atoms with Crippen molar-refractivity contribution in [2.45, 2.75) is 78.4 Å². The van der Waals surface area contributed by atoms with Gasteiger partial charge in [0.25, 0.3) is 5.56 Å². The van der Waals surface area contributed by atoms with Crippen LogP contribution in [0.4, 0.5) is 11.5 Å². The van der Waals surface area contributed by atoms with Gasteiger partial charge in [0.15, 0.2) is 11.8 Å². The Labute approximate surface area is 220 Å². The molecule has 0 bridgehead atoms. The summed E-state index contributed by atoms with van der Waals surface area (Å²) in [5.74, 6) is -1.72. The zero-order valence-electron chi connectivity index (χ0n) is 21.5. The molecule has 202 valence electrons. The molecular formula is C26H35ClN4O6. The smallest absolute Gasteiger partial charge is 0.330 e. The maximum absolute atomic E-state index is 13.2. The molecule has 0 spiro atoms. The van der Waals surface area contributed by atoms with Gasteiger partial charge in [0.2, 0.25) is 11.7 Å². The topological polar surface area (TPSA) is 145 Å². The van der Waals surface area contributed by atoms with Gasteiger partial charge in [0.05, 0.1) is 6.42 Å². The molecule has 11 heteroatoms. The Bertz CT molecular complexity index is 1210. The number of hydrogen-bond donors (Lipinski definition) is 2. The quantitative estimate of drug-likeness (QED) is 0.213. The van der Waals surface area contributed by atoms with Gasteiger partial charge in [-0.25, -0.2) is 4.79 Å². The number of ketones is 1. The SMILES string of the molecule is CCCCCN(C(=O)CCC(=O)OC(C)C(=O)c1ccc(Cl)cc1)c1c(N)n(CCCC)c(=O)[nH]c1=O. The average Bonchev–Trinajstić information content (AvgIpc) is 2.86. The van der Waals surface area contributed by atoms with Gasteiger partial charge in [-0.1, -0.05) is 44.7 Å². The summed E-state index contributed by atoms with van der Waals surface area (Å²) in [5.41, 5.74) is 5.05. The number of hydrogen-bond acceptors (Lipinski definition) is 7. The number of halogens is 1. The Morgan fingerprint density at radius 1 is 1.05 bits per heavy atom. The van der Waals surface area contributed by atoms with Crippen molar-refractivity contribution in [3.8, 4) is 0 Å². The number of benzene rings is 1. The number of nitrogens with zero attached hydrogens (tertiary/aromatic N) is 2. The van der Waals surface area contributed by atoms with Gasteiger partial charge in [-0.3, -0.25) is 28.7 Å². The van der Waals surface area contributed by atoms with Gasteiger partial charge in [-0.2, -0.15) is 0 Å². The number of amides is 1. The van der Waals surface area contributed by atoms with Crippen molar-refractivity contribution in [2.75, 3.05) is 17.2 Å². The standard InChI is InChI=1S/C26H35ClN4O6/c1-4-6-8-16-30(22-24(28)31(15-7-5-2)26(36)29-25(22)35)20(32)13-14-21(33)37-17(3)23(34)18-9-11-19(27)12-10-18/h9-12,17H,4-8,13-16,28H2,1-3H3,(H,29,35,36). The van der Waals surface area contributed by atoms with Crippen LogP contribution in [-0.4, -0.2) is 39.9 Å². The van der Waals surface area contributed by atoms with Gasteiger partial charge in [-0.15, -0.1) is 0 Å². The number of rotatable bonds is 14. The third-order valence-electron chi connectivity index (χ3n) is 5.85. The molecule has 0 radical (unpaired) electrons. The highest BCUT2D eigenvalue weighted by atomic mass is 35.5. The predicted octanol–water partition coefficient (Wildman–Crippen LogP) is 3.69. The summed E-state index contributed by atoms with van der Waals surface area (Å²) in [6.45, 7) is 5.91. The zero-order valence-corrected chi connectivity index (χ0v) is 22.3. The summed E-state index contributed by atoms with van der Waals surface area (Å²) < 4.78 is 6.48. The van der Waals surface area contributed by atoms with Crippen LogP contribution in [0.25, 0.3) is 0 Å². The molecule has 0 saturated heterocycles. The van der Waals surface area contributed by atoms with Crippen LogP contribution in [0.1, 0.15) is 76.1 Å². The number of Topliss-reactive ketones (excluding diaryl/α,β-unsaturated/α-hetero) is 1. The van der Waals surface area contributed by atoms with E-state index in [0.29, 0.717) is 30.0 Å². The number of unbranched alkanes of at least 4 members (excludes halogenated alkanes) is 3. The third kappa shape index (κ3) is 8.31. The van der Waals surface area contributed by atoms with Crippen LogP contribution in [-0.2, 0) is 20.9 Å². The summed E-state index contributed by atoms with van der Waals surface area (Å²) in [7, 11) is 0. The first-order valence-electron chi connectivity index (χ1n) is 12.5. The van der Waals surface area contributed by atoms with E-state index in [9.17, 15) is 24.0 Å². The fourth-order valence-electron chi connectivity index (χ4n) is 3.76. The number of esters is 1. The number of nitrogen functional groups attached to an aromatic ring is 1. The number of nitrogens with two attached hydrogens (primary N) is 1. The van der Waals surface area contributed by atoms with Gasteiger partial charge in [-0.05, 0) is 44.0 Å². The maximum atomic E-state index is 13.2. The lowest BCUT2D eigenvalue weighted by Crippen LogP contribution is -2.41. The monoisotopic (exact) mass is 534 g/mol. The number of carbonyl (C=O) groups excluding carboxylic acids is 3. The molecule has 0 fully saturated rings. The molecule has 10 nitrogen and oxygen atoms in total. The van der Waals surface area contributed by atoms with Gasteiger partial charge >= 0.3 is 11.7 Å². The van der Waals surface area contributed by atoms with E-state index in [4.69, 9.17) is 22.1 Å². The maximum Gasteiger partial charge on any atom is 0.330 e. The molecule has 2 aromatic rings. The minimum atomic E-state index is -1.05. The van der Waals surface area contributed by atoms with Crippen LogP contribution in [0.15, 0.2) is 33.9 Å². The summed E-state index contributed by atoms with van der Waals surface area (Å²) >= 11 is 5.84. The summed E-state index contributed by atoms with van der Waals surface area (Å²) in [5, 5.41) is 0.475. The van der Waals surface area contributed by atoms with Crippen LogP contribution >= 0.6 is 11.6 Å². The number of anilines is 2. The lowest BCUT2D eigenvalue weighted by Gasteiger charge is -2.24. The van der Waals surface area contributed by atoms with Crippen LogP contribution < -0.4 is 21.9 Å². The Morgan fingerprint density at radius 3 is 2.32 bits per heavy atom. The average molecular weight is 535 g/mol. The lowest BCUT2D eigenvalue weighted by molar-refractivity contribution is -0.147. The van der Waals surface area contributed by atoms with E-state index < -0.39 is 35.0 Å². The first-order valence-corrected chi connectivity index (χ1v) is 12.9. The Morgan fingerprint density at radius 2 is 1.70 bits per heavy atom. The van der Waals surface area contributed by atoms with E-state index in [0.717, 1.165) is 19.3 Å². The van der Waals surface area contributed by atoms with E-state index >= 15 is 0 Å². The number of carbonyl (C=O) groups is 3. The van der Waals surface area contributed by atoms with Crippen molar-refractivity contribution >= 4 is 40.8 Å². The second-order valence-corrected chi connectivity index (χ2v) is 9.19. The van der Waals surface area contributed by atoms with Gasteiger partial charge in [0, 0.05) is 30.1 Å². The molecule has 1 aromatic heterocycles. The minimum absolute atomic E-state index is 0.0863. The molecule has 37 heavy (non-hydrogen) atoms. The molecule has 1 heterocycles. The number of H-pyrrole nitrogens is 1. The van der Waals surface area contributed by atoms with Crippen LogP contribution in [0.3, 0.4) is 0 Å². The molecule has 1 unspecified atom stereocenters. The highest BCUT2D eigenvalue weighted by molar-refractivity contribution is 6.30. The highest BCUT2D eigenvalue weighted by Gasteiger charge is 2.25. The van der Waals surface area contributed by atoms with E-state index in [2.05, 4.69) is 4.98 Å². The molecule has 1 aromatic carbocycles. The van der Waals surface area contributed by atoms with Crippen molar-refractivity contribution in [3.63, 3.8) is 0 Å². The molecule has 0 aliphatic carbocycles. The molecular weight excluding hydrogens is 500 g/mol. The fourth-order valence-corrected chi connectivity index (χ4v) is 3.89. The number of nitrogens with one attached hydrogen (secondary N) is 1. The van der Waals surface area contributed by atoms with Crippen LogP contribution in [0.2, 0.25) is 5.02 Å². The molecule has 0 aliphatic rings. The van der Waals surface area contributed by atoms with Gasteiger partial charge in [0.1, 0.15) is 5.82 Å². The molecule has 1 amide bonds. The minimum Gasteiger partial charge on any atom is -0.454 e. The Kier molecular flexibility index (Phi) is 11.6. The number of aromatic amines is 1. The largest absolute Gasteiger partial charge is 0.454 e. The summed E-state index contributed by atoms with van der Waals surface area (Å²) in [6.07, 6.45) is 2.16. The molecule has 3 N–H and O–H groups in total. The highest BCUT2D eigenvalue weighted by Crippen LogP contribution is 2.20. The third-order valence-corrected chi connectivity index (χ3v) is 6.11. The normalized spacial score (nSPS) is 11.7. The molecule has 2 rings (SSSR count). The van der Waals surface area contributed by atoms with E-state index in [1.54, 1.807) is 12.1 Å². The van der Waals surface area contributed by atoms with E-state index in [1.165, 1.54) is 28.5 Å². The fraction of sp³-hybridized carbons (Fsp3) is 0.500. The molecule has 0 saturated carbocycles. The van der Waals surface area contributed by atoms with Crippen LogP contribution in [0.5, 0.6) is 0 Å². The van der Waals surface area contributed by atoms with Crippen molar-refractivity contribution < 1.29 is 19.1 Å². The molecule has 0 aliphatic heterocycles. The first kappa shape index (κ1) is 29.8. The van der Waals surface area contributed by atoms with E-state index in [1.807, 2.05) is 13.8 Å². The van der Waals surface area contributed by atoms with E-state index in [-0.39, 0.29) is 30.9 Å². The Balaban J connectivity index is 2.16. The second-order valence-electron chi connectivity index (χ2n) is 8.75. The van der Waals surface area contributed by atoms with Crippen molar-refractivity contribution in [1.29, 1.82) is 0 Å². The van der Waals surface area contributed by atoms with Gasteiger partial charge < -0.3 is 15.4 Å². The number of aromatic nitrogens is 2. The molecule has 1 atom stereocenters. The van der Waals surface area contributed by atoms with Crippen molar-refractivity contribution in [2.24, 2.45) is 0 Å². The predicted molar refractivity (Wildman–Crippen MR) is 143 cm³/mol. The first-order chi connectivity index (χ1) is 17.6. The second kappa shape index (κ2) is 14.4. The van der Waals surface area contributed by atoms with Crippen molar-refractivity contribution in [1.82, 2.24) is 9.55 Å². The zero-order chi connectivity index (χ0) is 27.5. The number of ether oxygens (including phenoxy) is 1. The summed E-state index contributed by atoms with van der Waals surface area (Å²) in [4.78, 5) is 66.6. The van der Waals surface area contributed by atoms with Crippen molar-refractivity contribution in [3.05, 3.63) is 55.7 Å². The summed E-state index contributed by atoms with van der Waals surface area (Å²) in [6, 6.07) is 6.20. The lowest BCUT2D eigenvalue weighted by atomic mass is 10.1. The Hall–Kier alpha value is -3.40.